The van der Waals surface area contributed by atoms with Crippen molar-refractivity contribution < 1.29 is 0 Å². The zero-order chi connectivity index (χ0) is 18.9. The number of thiophene rings is 1. The summed E-state index contributed by atoms with van der Waals surface area (Å²) in [5, 5.41) is 2.73. The zero-order valence-electron chi connectivity index (χ0n) is 15.5. The maximum absolute atomic E-state index is 12.9. The molecular formula is C23H21N3OS. The fourth-order valence-corrected chi connectivity index (χ4v) is 5.13. The first-order valence-electron chi connectivity index (χ1n) is 9.64. The van der Waals surface area contributed by atoms with Gasteiger partial charge < -0.3 is 4.98 Å². The molecule has 5 heteroatoms. The Hall–Kier alpha value is -2.76. The summed E-state index contributed by atoms with van der Waals surface area (Å²) in [6, 6.07) is 21.0. The first kappa shape index (κ1) is 17.3. The lowest BCUT2D eigenvalue weighted by Crippen LogP contribution is -2.25. The van der Waals surface area contributed by atoms with Gasteiger partial charge in [0.2, 0.25) is 0 Å². The molecular weight excluding hydrogens is 366 g/mol. The second kappa shape index (κ2) is 7.34. The molecule has 0 saturated carbocycles. The van der Waals surface area contributed by atoms with E-state index in [1.54, 1.807) is 11.3 Å². The van der Waals surface area contributed by atoms with E-state index in [0.717, 1.165) is 34.7 Å². The van der Waals surface area contributed by atoms with Crippen LogP contribution in [-0.4, -0.2) is 21.4 Å². The smallest absolute Gasteiger partial charge is 0.260 e. The molecule has 1 fully saturated rings. The lowest BCUT2D eigenvalue weighted by molar-refractivity contribution is 0.242. The van der Waals surface area contributed by atoms with Crippen LogP contribution >= 0.6 is 11.3 Å². The molecule has 3 heterocycles. The molecule has 2 aromatic heterocycles. The van der Waals surface area contributed by atoms with Crippen molar-refractivity contribution in [3.05, 3.63) is 87.8 Å². The number of nitrogens with zero attached hydrogens (tertiary/aromatic N) is 2. The van der Waals surface area contributed by atoms with Crippen LogP contribution in [0.5, 0.6) is 0 Å². The highest BCUT2D eigenvalue weighted by atomic mass is 32.1. The molecule has 2 aromatic carbocycles. The zero-order valence-corrected chi connectivity index (χ0v) is 16.3. The van der Waals surface area contributed by atoms with Crippen molar-refractivity contribution >= 4 is 21.6 Å². The molecule has 5 rings (SSSR count). The molecule has 1 atom stereocenters. The molecule has 0 aliphatic carbocycles. The highest BCUT2D eigenvalue weighted by molar-refractivity contribution is 7.17. The van der Waals surface area contributed by atoms with Crippen LogP contribution in [0.3, 0.4) is 0 Å². The third kappa shape index (κ3) is 3.17. The van der Waals surface area contributed by atoms with E-state index in [0.29, 0.717) is 18.0 Å². The highest BCUT2D eigenvalue weighted by Gasteiger charge is 2.26. The van der Waals surface area contributed by atoms with E-state index in [-0.39, 0.29) is 5.56 Å². The molecule has 0 bridgehead atoms. The van der Waals surface area contributed by atoms with Gasteiger partial charge in [-0.1, -0.05) is 60.7 Å². The van der Waals surface area contributed by atoms with Gasteiger partial charge in [0, 0.05) is 17.0 Å². The number of likely N-dealkylation sites (tertiary alicyclic amines) is 1. The number of aromatic nitrogens is 2. The third-order valence-corrected chi connectivity index (χ3v) is 6.35. The number of fused-ring (bicyclic) bond motifs is 1. The summed E-state index contributed by atoms with van der Waals surface area (Å²) in [4.78, 5) is 23.9. The first-order valence-corrected chi connectivity index (χ1v) is 10.5. The van der Waals surface area contributed by atoms with Crippen LogP contribution in [0.1, 0.15) is 30.3 Å². The third-order valence-electron chi connectivity index (χ3n) is 5.48. The topological polar surface area (TPSA) is 49.0 Å². The molecule has 1 aliphatic rings. The van der Waals surface area contributed by atoms with Crippen molar-refractivity contribution in [2.24, 2.45) is 0 Å². The van der Waals surface area contributed by atoms with E-state index >= 15 is 0 Å². The van der Waals surface area contributed by atoms with E-state index in [2.05, 4.69) is 40.2 Å². The lowest BCUT2D eigenvalue weighted by Gasteiger charge is -2.24. The van der Waals surface area contributed by atoms with Gasteiger partial charge in [0.1, 0.15) is 10.7 Å². The molecule has 140 valence electrons. The summed E-state index contributed by atoms with van der Waals surface area (Å²) >= 11 is 1.54. The normalized spacial score (nSPS) is 17.4. The maximum Gasteiger partial charge on any atom is 0.260 e. The summed E-state index contributed by atoms with van der Waals surface area (Å²) in [5.41, 5.74) is 3.31. The summed E-state index contributed by atoms with van der Waals surface area (Å²) < 4.78 is 0. The van der Waals surface area contributed by atoms with E-state index in [4.69, 9.17) is 4.98 Å². The molecule has 0 radical (unpaired) electrons. The summed E-state index contributed by atoms with van der Waals surface area (Å²) in [6.45, 7) is 1.70. The van der Waals surface area contributed by atoms with Gasteiger partial charge in [0.25, 0.3) is 5.56 Å². The molecule has 4 nitrogen and oxygen atoms in total. The van der Waals surface area contributed by atoms with Crippen LogP contribution < -0.4 is 5.56 Å². The van der Waals surface area contributed by atoms with Gasteiger partial charge in [-0.3, -0.25) is 9.69 Å². The molecule has 28 heavy (non-hydrogen) atoms. The van der Waals surface area contributed by atoms with Crippen LogP contribution in [0.15, 0.2) is 70.8 Å². The van der Waals surface area contributed by atoms with Crippen LogP contribution in [0.2, 0.25) is 0 Å². The highest BCUT2D eigenvalue weighted by Crippen LogP contribution is 2.33. The van der Waals surface area contributed by atoms with Crippen molar-refractivity contribution in [1.82, 2.24) is 14.9 Å². The van der Waals surface area contributed by atoms with Crippen molar-refractivity contribution in [3.63, 3.8) is 0 Å². The largest absolute Gasteiger partial charge is 0.309 e. The van der Waals surface area contributed by atoms with Crippen LogP contribution in [0.4, 0.5) is 0 Å². The summed E-state index contributed by atoms with van der Waals surface area (Å²) in [7, 11) is 0. The average molecular weight is 388 g/mol. The van der Waals surface area contributed by atoms with Gasteiger partial charge in [-0.25, -0.2) is 4.98 Å². The lowest BCUT2D eigenvalue weighted by atomic mass is 10.0. The summed E-state index contributed by atoms with van der Waals surface area (Å²) in [6.07, 6.45) is 2.32. The Bertz CT molecular complexity index is 1150. The predicted molar refractivity (Wildman–Crippen MR) is 115 cm³/mol. The van der Waals surface area contributed by atoms with Gasteiger partial charge in [0.05, 0.1) is 11.9 Å². The minimum Gasteiger partial charge on any atom is -0.309 e. The van der Waals surface area contributed by atoms with Gasteiger partial charge >= 0.3 is 0 Å². The van der Waals surface area contributed by atoms with Crippen LogP contribution in [-0.2, 0) is 6.54 Å². The van der Waals surface area contributed by atoms with Gasteiger partial charge in [-0.2, -0.15) is 0 Å². The molecule has 1 saturated heterocycles. The van der Waals surface area contributed by atoms with Crippen LogP contribution in [0.25, 0.3) is 21.3 Å². The van der Waals surface area contributed by atoms with E-state index in [1.165, 1.54) is 12.0 Å². The van der Waals surface area contributed by atoms with Crippen molar-refractivity contribution in [2.75, 3.05) is 6.54 Å². The van der Waals surface area contributed by atoms with E-state index < -0.39 is 0 Å². The standard InChI is InChI=1S/C23H21N3OS/c27-22-21-18(16-8-3-1-4-9-16)15-28-23(21)25-20(24-22)14-26-13-7-12-19(26)17-10-5-2-6-11-17/h1-6,8-11,15,19H,7,12-14H2,(H,24,25,27). The fraction of sp³-hybridized carbons (Fsp3) is 0.217. The second-order valence-corrected chi connectivity index (χ2v) is 8.11. The van der Waals surface area contributed by atoms with Crippen molar-refractivity contribution in [1.29, 1.82) is 0 Å². The number of rotatable bonds is 4. The molecule has 1 unspecified atom stereocenters. The first-order chi connectivity index (χ1) is 13.8. The van der Waals surface area contributed by atoms with Crippen molar-refractivity contribution in [3.8, 4) is 11.1 Å². The number of aromatic amines is 1. The SMILES string of the molecule is O=c1[nH]c(CN2CCCC2c2ccccc2)nc2scc(-c3ccccc3)c12. The average Bonchev–Trinajstić information content (AvgIpc) is 3.37. The predicted octanol–water partition coefficient (Wildman–Crippen LogP) is 4.99. The Labute approximate surface area is 167 Å². The molecule has 0 spiro atoms. The summed E-state index contributed by atoms with van der Waals surface area (Å²) in [5.74, 6) is 0.752. The Morgan fingerprint density at radius 3 is 2.61 bits per heavy atom. The van der Waals surface area contributed by atoms with E-state index in [1.807, 2.05) is 35.7 Å². The Kier molecular flexibility index (Phi) is 4.55. The number of benzene rings is 2. The second-order valence-electron chi connectivity index (χ2n) is 7.25. The van der Waals surface area contributed by atoms with Crippen molar-refractivity contribution in [2.45, 2.75) is 25.4 Å². The van der Waals surface area contributed by atoms with E-state index in [9.17, 15) is 4.79 Å². The van der Waals surface area contributed by atoms with Gasteiger partial charge in [-0.05, 0) is 30.5 Å². The van der Waals surface area contributed by atoms with Crippen LogP contribution in [0, 0.1) is 0 Å². The molecule has 1 aliphatic heterocycles. The minimum absolute atomic E-state index is 0.0458. The van der Waals surface area contributed by atoms with Gasteiger partial charge in [-0.15, -0.1) is 11.3 Å². The molecule has 4 aromatic rings. The maximum atomic E-state index is 12.9. The number of hydrogen-bond acceptors (Lipinski definition) is 4. The van der Waals surface area contributed by atoms with Gasteiger partial charge in [0.15, 0.2) is 0 Å². The Morgan fingerprint density at radius 2 is 1.82 bits per heavy atom. The number of hydrogen-bond donors (Lipinski definition) is 1. The molecule has 0 amide bonds. The molecule has 1 N–H and O–H groups in total. The minimum atomic E-state index is -0.0458. The Balaban J connectivity index is 1.47. The number of H-pyrrole nitrogens is 1. The quantitative estimate of drug-likeness (QED) is 0.537. The number of nitrogens with one attached hydrogen (secondary N) is 1. The monoisotopic (exact) mass is 387 g/mol. The Morgan fingerprint density at radius 1 is 1.07 bits per heavy atom. The fourth-order valence-electron chi connectivity index (χ4n) is 4.16.